The molecular weight excluding hydrogens is 308 g/mol. The Morgan fingerprint density at radius 2 is 1.83 bits per heavy atom. The van der Waals surface area contributed by atoms with Crippen molar-refractivity contribution in [2.24, 2.45) is 0 Å². The van der Waals surface area contributed by atoms with E-state index in [-0.39, 0.29) is 18.9 Å². The summed E-state index contributed by atoms with van der Waals surface area (Å²) in [5.74, 6) is 5.16. The topological polar surface area (TPSA) is 89.9 Å². The highest BCUT2D eigenvalue weighted by Gasteiger charge is 2.25. The molecular formula is C18H24N2O4. The normalized spacial score (nSPS) is 10.5. The second-order valence-electron chi connectivity index (χ2n) is 6.29. The Morgan fingerprint density at radius 3 is 2.33 bits per heavy atom. The molecule has 1 rings (SSSR count). The van der Waals surface area contributed by atoms with Gasteiger partial charge < -0.3 is 20.4 Å². The minimum atomic E-state index is -0.984. The maximum Gasteiger partial charge on any atom is 0.407 e. The number of nitrogens with zero attached hydrogens (tertiary/aromatic N) is 1. The summed E-state index contributed by atoms with van der Waals surface area (Å²) in [6.45, 7) is 5.58. The Morgan fingerprint density at radius 1 is 1.21 bits per heavy atom. The number of nitrogens with one attached hydrogen (secondary N) is 1. The van der Waals surface area contributed by atoms with E-state index in [4.69, 9.17) is 5.11 Å². The second-order valence-corrected chi connectivity index (χ2v) is 6.29. The molecule has 1 aromatic rings. The molecule has 0 aliphatic carbocycles. The fourth-order valence-corrected chi connectivity index (χ4v) is 2.12. The predicted molar refractivity (Wildman–Crippen MR) is 92.8 cm³/mol. The van der Waals surface area contributed by atoms with Crippen LogP contribution in [0.2, 0.25) is 0 Å². The van der Waals surface area contributed by atoms with Crippen LogP contribution in [0.1, 0.15) is 39.2 Å². The SMILES string of the molecule is CC(C)(C)N(CCCC(=O)Nc1ccc(C#CCO)cc1)C(=O)O. The lowest BCUT2D eigenvalue weighted by Gasteiger charge is -2.33. The van der Waals surface area contributed by atoms with E-state index in [0.717, 1.165) is 5.56 Å². The van der Waals surface area contributed by atoms with Gasteiger partial charge in [0.2, 0.25) is 5.91 Å². The smallest absolute Gasteiger partial charge is 0.407 e. The summed E-state index contributed by atoms with van der Waals surface area (Å²) < 4.78 is 0. The molecule has 0 aliphatic heterocycles. The lowest BCUT2D eigenvalue weighted by molar-refractivity contribution is -0.116. The molecule has 0 bridgehead atoms. The average molecular weight is 332 g/mol. The van der Waals surface area contributed by atoms with Gasteiger partial charge in [-0.15, -0.1) is 0 Å². The van der Waals surface area contributed by atoms with Crippen molar-refractivity contribution in [1.82, 2.24) is 4.90 Å². The lowest BCUT2D eigenvalue weighted by Crippen LogP contribution is -2.45. The summed E-state index contributed by atoms with van der Waals surface area (Å²) in [4.78, 5) is 24.5. The molecule has 0 radical (unpaired) electrons. The first-order valence-corrected chi connectivity index (χ1v) is 7.74. The minimum absolute atomic E-state index is 0.163. The number of carbonyl (C=O) groups excluding carboxylic acids is 1. The van der Waals surface area contributed by atoms with Crippen LogP contribution in [-0.4, -0.2) is 45.8 Å². The maximum absolute atomic E-state index is 11.9. The van der Waals surface area contributed by atoms with Crippen LogP contribution in [0.25, 0.3) is 0 Å². The van der Waals surface area contributed by atoms with Crippen LogP contribution < -0.4 is 5.32 Å². The van der Waals surface area contributed by atoms with Crippen LogP contribution in [0.4, 0.5) is 10.5 Å². The number of carbonyl (C=O) groups is 2. The van der Waals surface area contributed by atoms with Crippen molar-refractivity contribution >= 4 is 17.7 Å². The van der Waals surface area contributed by atoms with Gasteiger partial charge in [0.05, 0.1) is 0 Å². The molecule has 0 saturated heterocycles. The highest BCUT2D eigenvalue weighted by atomic mass is 16.4. The first-order chi connectivity index (χ1) is 11.2. The van der Waals surface area contributed by atoms with Crippen LogP contribution in [0.15, 0.2) is 24.3 Å². The van der Waals surface area contributed by atoms with E-state index < -0.39 is 11.6 Å². The van der Waals surface area contributed by atoms with E-state index in [1.54, 1.807) is 24.3 Å². The Hall–Kier alpha value is -2.52. The predicted octanol–water partition coefficient (Wildman–Crippen LogP) is 2.53. The lowest BCUT2D eigenvalue weighted by atomic mass is 10.1. The number of aliphatic hydroxyl groups is 1. The molecule has 1 aromatic carbocycles. The molecule has 6 nitrogen and oxygen atoms in total. The molecule has 24 heavy (non-hydrogen) atoms. The largest absolute Gasteiger partial charge is 0.465 e. The number of amides is 2. The van der Waals surface area contributed by atoms with Crippen LogP contribution in [-0.2, 0) is 4.79 Å². The number of benzene rings is 1. The number of carboxylic acid groups (broad SMARTS) is 1. The maximum atomic E-state index is 11.9. The van der Waals surface area contributed by atoms with Crippen LogP contribution in [0.3, 0.4) is 0 Å². The molecule has 3 N–H and O–H groups in total. The Bertz CT molecular complexity index is 621. The minimum Gasteiger partial charge on any atom is -0.465 e. The number of hydrogen-bond acceptors (Lipinski definition) is 3. The second kappa shape index (κ2) is 8.94. The molecule has 0 unspecified atom stereocenters. The molecule has 0 aliphatic rings. The fourth-order valence-electron chi connectivity index (χ4n) is 2.12. The molecule has 0 aromatic heterocycles. The van der Waals surface area contributed by atoms with E-state index in [9.17, 15) is 14.7 Å². The van der Waals surface area contributed by atoms with Gasteiger partial charge in [-0.1, -0.05) is 11.8 Å². The monoisotopic (exact) mass is 332 g/mol. The van der Waals surface area contributed by atoms with Crippen molar-refractivity contribution in [1.29, 1.82) is 0 Å². The molecule has 0 fully saturated rings. The Labute approximate surface area is 142 Å². The summed E-state index contributed by atoms with van der Waals surface area (Å²) in [5.41, 5.74) is 0.915. The third-order valence-corrected chi connectivity index (χ3v) is 3.31. The van der Waals surface area contributed by atoms with Crippen LogP contribution in [0, 0.1) is 11.8 Å². The average Bonchev–Trinajstić information content (AvgIpc) is 2.49. The van der Waals surface area contributed by atoms with Gasteiger partial charge in [-0.05, 0) is 51.5 Å². The van der Waals surface area contributed by atoms with Gasteiger partial charge in [-0.3, -0.25) is 4.79 Å². The van der Waals surface area contributed by atoms with Gasteiger partial charge in [-0.2, -0.15) is 0 Å². The van der Waals surface area contributed by atoms with Crippen molar-refractivity contribution < 1.29 is 19.8 Å². The summed E-state index contributed by atoms with van der Waals surface area (Å²) in [6.07, 6.45) is -0.288. The fraction of sp³-hybridized carbons (Fsp3) is 0.444. The number of anilines is 1. The summed E-state index contributed by atoms with van der Waals surface area (Å²) in [7, 11) is 0. The van der Waals surface area contributed by atoms with E-state index in [1.807, 2.05) is 20.8 Å². The first-order valence-electron chi connectivity index (χ1n) is 7.74. The first kappa shape index (κ1) is 19.5. The van der Waals surface area contributed by atoms with Gasteiger partial charge in [0.25, 0.3) is 0 Å². The highest BCUT2D eigenvalue weighted by Crippen LogP contribution is 2.15. The zero-order valence-corrected chi connectivity index (χ0v) is 14.3. The standard InChI is InChI=1S/C18H24N2O4/c1-18(2,3)20(17(23)24)12-4-7-16(22)19-15-10-8-14(9-11-15)6-5-13-21/h8-11,21H,4,7,12-13H2,1-3H3,(H,19,22)(H,23,24). The zero-order chi connectivity index (χ0) is 18.2. The molecule has 2 amide bonds. The third-order valence-electron chi connectivity index (χ3n) is 3.31. The Kier molecular flexibility index (Phi) is 7.28. The molecule has 6 heteroatoms. The van der Waals surface area contributed by atoms with Crippen molar-refractivity contribution in [3.8, 4) is 11.8 Å². The highest BCUT2D eigenvalue weighted by molar-refractivity contribution is 5.90. The summed E-state index contributed by atoms with van der Waals surface area (Å²) in [6, 6.07) is 6.98. The van der Waals surface area contributed by atoms with Crippen molar-refractivity contribution in [2.45, 2.75) is 39.2 Å². The van der Waals surface area contributed by atoms with Crippen LogP contribution >= 0.6 is 0 Å². The van der Waals surface area contributed by atoms with E-state index >= 15 is 0 Å². The van der Waals surface area contributed by atoms with Crippen molar-refractivity contribution in [3.05, 3.63) is 29.8 Å². The number of hydrogen-bond donors (Lipinski definition) is 3. The van der Waals surface area contributed by atoms with Gasteiger partial charge in [0, 0.05) is 29.8 Å². The molecule has 0 atom stereocenters. The molecule has 0 spiro atoms. The molecule has 0 heterocycles. The molecule has 0 saturated carbocycles. The van der Waals surface area contributed by atoms with E-state index in [0.29, 0.717) is 18.7 Å². The number of aliphatic hydroxyl groups excluding tert-OH is 1. The van der Waals surface area contributed by atoms with E-state index in [2.05, 4.69) is 17.2 Å². The van der Waals surface area contributed by atoms with Crippen LogP contribution in [0.5, 0.6) is 0 Å². The quantitative estimate of drug-likeness (QED) is 0.723. The van der Waals surface area contributed by atoms with Gasteiger partial charge in [-0.25, -0.2) is 4.79 Å². The third kappa shape index (κ3) is 6.71. The van der Waals surface area contributed by atoms with E-state index in [1.165, 1.54) is 4.90 Å². The van der Waals surface area contributed by atoms with Gasteiger partial charge in [0.15, 0.2) is 0 Å². The van der Waals surface area contributed by atoms with Gasteiger partial charge in [0.1, 0.15) is 6.61 Å². The van der Waals surface area contributed by atoms with Crippen molar-refractivity contribution in [2.75, 3.05) is 18.5 Å². The zero-order valence-electron chi connectivity index (χ0n) is 14.3. The Balaban J connectivity index is 2.48. The van der Waals surface area contributed by atoms with Gasteiger partial charge >= 0.3 is 6.09 Å². The molecule has 130 valence electrons. The summed E-state index contributed by atoms with van der Waals surface area (Å²) >= 11 is 0. The number of rotatable bonds is 5. The summed E-state index contributed by atoms with van der Waals surface area (Å²) in [5, 5.41) is 20.6. The van der Waals surface area contributed by atoms with Crippen molar-refractivity contribution in [3.63, 3.8) is 0 Å².